The summed E-state index contributed by atoms with van der Waals surface area (Å²) < 4.78 is 10.8. The molecule has 1 aromatic rings. The second-order valence-electron chi connectivity index (χ2n) is 5.77. The minimum absolute atomic E-state index is 0.00204. The van der Waals surface area contributed by atoms with Gasteiger partial charge in [-0.25, -0.2) is 4.79 Å². The van der Waals surface area contributed by atoms with Crippen molar-refractivity contribution in [1.82, 2.24) is 0 Å². The van der Waals surface area contributed by atoms with E-state index in [4.69, 9.17) is 9.47 Å². The molecular formula is C19H26O4S. The van der Waals surface area contributed by atoms with E-state index in [1.165, 1.54) is 11.8 Å². The van der Waals surface area contributed by atoms with E-state index in [0.717, 1.165) is 0 Å². The number of Topliss-reactive ketones (excluding diaryl/α,β-unsaturated/α-hetero) is 1. The predicted octanol–water partition coefficient (Wildman–Crippen LogP) is 4.13. The number of thioether (sulfide) groups is 1. The van der Waals surface area contributed by atoms with Gasteiger partial charge in [0.2, 0.25) is 0 Å². The first kappa shape index (κ1) is 20.3. The third-order valence-corrected chi connectivity index (χ3v) is 4.02. The molecule has 24 heavy (non-hydrogen) atoms. The van der Waals surface area contributed by atoms with Crippen molar-refractivity contribution in [3.8, 4) is 5.75 Å². The summed E-state index contributed by atoms with van der Waals surface area (Å²) in [4.78, 5) is 24.7. The number of para-hydroxylation sites is 1. The van der Waals surface area contributed by atoms with Gasteiger partial charge >= 0.3 is 5.97 Å². The molecule has 1 aromatic carbocycles. The molecule has 5 heteroatoms. The van der Waals surface area contributed by atoms with E-state index in [-0.39, 0.29) is 29.8 Å². The summed E-state index contributed by atoms with van der Waals surface area (Å²) in [5.41, 5.74) is 0.752. The molecule has 132 valence electrons. The Bertz CT molecular complexity index is 591. The van der Waals surface area contributed by atoms with Crippen molar-refractivity contribution >= 4 is 29.6 Å². The Labute approximate surface area is 148 Å². The van der Waals surface area contributed by atoms with Crippen LogP contribution in [0.3, 0.4) is 0 Å². The van der Waals surface area contributed by atoms with Crippen LogP contribution in [0.4, 0.5) is 0 Å². The van der Waals surface area contributed by atoms with Crippen LogP contribution in [0.2, 0.25) is 0 Å². The van der Waals surface area contributed by atoms with Crippen LogP contribution in [0.5, 0.6) is 5.75 Å². The van der Waals surface area contributed by atoms with Gasteiger partial charge in [0.15, 0.2) is 5.78 Å². The Kier molecular flexibility index (Phi) is 8.61. The molecule has 4 nitrogen and oxygen atoms in total. The zero-order chi connectivity index (χ0) is 18.1. The van der Waals surface area contributed by atoms with Crippen molar-refractivity contribution in [1.29, 1.82) is 0 Å². The van der Waals surface area contributed by atoms with Crippen LogP contribution in [-0.2, 0) is 14.3 Å². The smallest absolute Gasteiger partial charge is 0.341 e. The molecule has 1 rings (SSSR count). The van der Waals surface area contributed by atoms with Crippen LogP contribution < -0.4 is 4.74 Å². The first-order valence-corrected chi connectivity index (χ1v) is 9.19. The Morgan fingerprint density at radius 3 is 2.42 bits per heavy atom. The zero-order valence-corrected chi connectivity index (χ0v) is 15.8. The molecule has 0 amide bonds. The van der Waals surface area contributed by atoms with Crippen LogP contribution in [0.25, 0.3) is 6.08 Å². The fourth-order valence-electron chi connectivity index (χ4n) is 1.90. The minimum atomic E-state index is -0.591. The highest BCUT2D eigenvalue weighted by atomic mass is 32.2. The molecule has 0 saturated carbocycles. The lowest BCUT2D eigenvalue weighted by molar-refractivity contribution is -0.139. The Hall–Kier alpha value is -1.75. The molecule has 0 saturated heterocycles. The van der Waals surface area contributed by atoms with Crippen molar-refractivity contribution in [2.75, 3.05) is 12.4 Å². The van der Waals surface area contributed by atoms with E-state index in [9.17, 15) is 9.59 Å². The van der Waals surface area contributed by atoms with Crippen molar-refractivity contribution in [2.45, 2.75) is 46.0 Å². The van der Waals surface area contributed by atoms with Gasteiger partial charge in [-0.3, -0.25) is 4.79 Å². The monoisotopic (exact) mass is 350 g/mol. The molecule has 0 spiro atoms. The third-order valence-electron chi connectivity index (χ3n) is 2.93. The molecule has 0 atom stereocenters. The van der Waals surface area contributed by atoms with E-state index >= 15 is 0 Å². The zero-order valence-electron chi connectivity index (χ0n) is 15.0. The summed E-state index contributed by atoms with van der Waals surface area (Å²) in [6.07, 6.45) is 1.57. The van der Waals surface area contributed by atoms with Crippen LogP contribution >= 0.6 is 11.8 Å². The topological polar surface area (TPSA) is 52.6 Å². The number of rotatable bonds is 9. The van der Waals surface area contributed by atoms with Crippen molar-refractivity contribution in [3.05, 3.63) is 35.4 Å². The molecule has 0 fully saturated rings. The average Bonchev–Trinajstić information content (AvgIpc) is 2.51. The van der Waals surface area contributed by atoms with Gasteiger partial charge in [-0.2, -0.15) is 11.8 Å². The summed E-state index contributed by atoms with van der Waals surface area (Å²) in [6.45, 7) is 9.83. The predicted molar refractivity (Wildman–Crippen MR) is 99.4 cm³/mol. The Morgan fingerprint density at radius 2 is 1.83 bits per heavy atom. The highest BCUT2D eigenvalue weighted by Crippen LogP contribution is 2.23. The largest absolute Gasteiger partial charge is 0.490 e. The van der Waals surface area contributed by atoms with Crippen molar-refractivity contribution < 1.29 is 19.1 Å². The maximum Gasteiger partial charge on any atom is 0.341 e. The quantitative estimate of drug-likeness (QED) is 0.290. The fraction of sp³-hybridized carbons (Fsp3) is 0.474. The number of ketones is 1. The standard InChI is InChI=1S/C19H26O4S/c1-6-22-19(21)16(17(20)12-24-14(4)5)11-15-9-7-8-10-18(15)23-13(2)3/h7-11,13-14H,6,12H2,1-5H3. The molecule has 0 radical (unpaired) electrons. The number of carbonyl (C=O) groups is 2. The van der Waals surface area contributed by atoms with Gasteiger partial charge in [-0.1, -0.05) is 32.0 Å². The van der Waals surface area contributed by atoms with Gasteiger partial charge in [0.05, 0.1) is 18.5 Å². The number of esters is 1. The fourth-order valence-corrected chi connectivity index (χ4v) is 2.54. The van der Waals surface area contributed by atoms with Crippen LogP contribution in [0.15, 0.2) is 29.8 Å². The van der Waals surface area contributed by atoms with Gasteiger partial charge in [0.25, 0.3) is 0 Å². The Balaban J connectivity index is 3.16. The lowest BCUT2D eigenvalue weighted by Crippen LogP contribution is -2.18. The van der Waals surface area contributed by atoms with Gasteiger partial charge in [-0.15, -0.1) is 0 Å². The maximum absolute atomic E-state index is 12.5. The Morgan fingerprint density at radius 1 is 1.17 bits per heavy atom. The molecule has 0 N–H and O–H groups in total. The van der Waals surface area contributed by atoms with E-state index < -0.39 is 5.97 Å². The van der Waals surface area contributed by atoms with Crippen molar-refractivity contribution in [3.63, 3.8) is 0 Å². The maximum atomic E-state index is 12.5. The molecule has 0 aliphatic rings. The average molecular weight is 350 g/mol. The van der Waals surface area contributed by atoms with Crippen LogP contribution in [-0.4, -0.2) is 35.5 Å². The third kappa shape index (κ3) is 6.79. The summed E-state index contributed by atoms with van der Waals surface area (Å²) in [5.74, 6) is 0.0616. The number of carbonyl (C=O) groups excluding carboxylic acids is 2. The number of hydrogen-bond donors (Lipinski definition) is 0. The van der Waals surface area contributed by atoms with Gasteiger partial charge in [-0.05, 0) is 38.2 Å². The second-order valence-corrected chi connectivity index (χ2v) is 7.33. The lowest BCUT2D eigenvalue weighted by atomic mass is 10.1. The van der Waals surface area contributed by atoms with Gasteiger partial charge in [0, 0.05) is 5.56 Å². The van der Waals surface area contributed by atoms with E-state index in [1.807, 2.05) is 52.0 Å². The number of benzene rings is 1. The van der Waals surface area contributed by atoms with Gasteiger partial charge < -0.3 is 9.47 Å². The van der Waals surface area contributed by atoms with Crippen LogP contribution in [0.1, 0.15) is 40.2 Å². The summed E-state index contributed by atoms with van der Waals surface area (Å²) in [7, 11) is 0. The first-order chi connectivity index (χ1) is 11.3. The highest BCUT2D eigenvalue weighted by molar-refractivity contribution is 8.00. The van der Waals surface area contributed by atoms with Crippen molar-refractivity contribution in [2.24, 2.45) is 0 Å². The van der Waals surface area contributed by atoms with E-state index in [2.05, 4.69) is 0 Å². The molecule has 0 aliphatic heterocycles. The molecule has 0 bridgehead atoms. The molecule has 0 aliphatic carbocycles. The normalized spacial score (nSPS) is 11.7. The minimum Gasteiger partial charge on any atom is -0.490 e. The molecule has 0 unspecified atom stereocenters. The summed E-state index contributed by atoms with van der Waals surface area (Å²) in [6, 6.07) is 7.34. The SMILES string of the molecule is CCOC(=O)C(=Cc1ccccc1OC(C)C)C(=O)CSC(C)C. The molecule has 0 aromatic heterocycles. The van der Waals surface area contributed by atoms with E-state index in [0.29, 0.717) is 16.6 Å². The summed E-state index contributed by atoms with van der Waals surface area (Å²) >= 11 is 1.50. The number of hydrogen-bond acceptors (Lipinski definition) is 5. The van der Waals surface area contributed by atoms with Gasteiger partial charge in [0.1, 0.15) is 11.3 Å². The molecular weight excluding hydrogens is 324 g/mol. The van der Waals surface area contributed by atoms with E-state index in [1.54, 1.807) is 13.0 Å². The first-order valence-electron chi connectivity index (χ1n) is 8.14. The number of ether oxygens (including phenoxy) is 2. The highest BCUT2D eigenvalue weighted by Gasteiger charge is 2.20. The second kappa shape index (κ2) is 10.2. The molecule has 0 heterocycles. The van der Waals surface area contributed by atoms with Crippen LogP contribution in [0, 0.1) is 0 Å². The lowest BCUT2D eigenvalue weighted by Gasteiger charge is -2.13. The summed E-state index contributed by atoms with van der Waals surface area (Å²) in [5, 5.41) is 0.314.